The molecule has 0 amide bonds. The van der Waals surface area contributed by atoms with Crippen molar-refractivity contribution in [1.82, 2.24) is 9.97 Å². The topological polar surface area (TPSA) is 35.0 Å². The Labute approximate surface area is 76.3 Å². The Bertz CT molecular complexity index is 273. The summed E-state index contributed by atoms with van der Waals surface area (Å²) in [5, 5.41) is 0. The quantitative estimate of drug-likeness (QED) is 0.705. The van der Waals surface area contributed by atoms with E-state index < -0.39 is 22.9 Å². The Morgan fingerprint density at radius 3 is 3.18 bits per heavy atom. The van der Waals surface area contributed by atoms with Crippen molar-refractivity contribution in [2.75, 3.05) is 6.61 Å². The molecule has 0 radical (unpaired) electrons. The molecular formula is C7H7InN2O. The Balaban J connectivity index is 2.29. The SMILES string of the molecule is c1cc([C]2=[In][O]CC2)ncn1. The van der Waals surface area contributed by atoms with Crippen LogP contribution >= 0.6 is 0 Å². The van der Waals surface area contributed by atoms with Crippen LogP contribution in [0.5, 0.6) is 0 Å². The second-order valence-corrected chi connectivity index (χ2v) is 5.97. The summed E-state index contributed by atoms with van der Waals surface area (Å²) in [4.78, 5) is 8.05. The fraction of sp³-hybridized carbons (Fsp3) is 0.286. The van der Waals surface area contributed by atoms with E-state index in [-0.39, 0.29) is 0 Å². The molecule has 1 aromatic heterocycles. The van der Waals surface area contributed by atoms with Crippen LogP contribution in [0, 0.1) is 0 Å². The molecule has 0 aromatic carbocycles. The van der Waals surface area contributed by atoms with E-state index >= 15 is 0 Å². The maximum atomic E-state index is 5.40. The van der Waals surface area contributed by atoms with Crippen LogP contribution in [0.1, 0.15) is 12.1 Å². The number of aromatic nitrogens is 2. The molecule has 3 nitrogen and oxygen atoms in total. The van der Waals surface area contributed by atoms with Gasteiger partial charge >= 0.3 is 76.2 Å². The van der Waals surface area contributed by atoms with Crippen molar-refractivity contribution >= 4 is 26.1 Å². The van der Waals surface area contributed by atoms with Gasteiger partial charge in [-0.15, -0.1) is 0 Å². The normalized spacial score (nSPS) is 15.1. The molecule has 0 bridgehead atoms. The number of rotatable bonds is 1. The summed E-state index contributed by atoms with van der Waals surface area (Å²) < 4.78 is 6.88. The molecule has 0 saturated heterocycles. The zero-order chi connectivity index (χ0) is 7.52. The summed E-state index contributed by atoms with van der Waals surface area (Å²) >= 11 is -0.837. The summed E-state index contributed by atoms with van der Waals surface area (Å²) in [6.45, 7) is 0.917. The van der Waals surface area contributed by atoms with Gasteiger partial charge in [-0.1, -0.05) is 0 Å². The molecule has 1 aliphatic heterocycles. The maximum absolute atomic E-state index is 5.40. The van der Waals surface area contributed by atoms with Crippen LogP contribution in [0.4, 0.5) is 0 Å². The summed E-state index contributed by atoms with van der Waals surface area (Å²) in [6, 6.07) is 1.97. The molecule has 2 rings (SSSR count). The van der Waals surface area contributed by atoms with Crippen LogP contribution in [0.2, 0.25) is 0 Å². The first-order chi connectivity index (χ1) is 5.47. The van der Waals surface area contributed by atoms with E-state index in [2.05, 4.69) is 9.97 Å². The summed E-state index contributed by atoms with van der Waals surface area (Å²) in [7, 11) is 0. The Kier molecular flexibility index (Phi) is 2.21. The standard InChI is InChI=1S/C7H7N2O.In/c10-5-1-2-7-3-4-8-6-9-7;/h3-4,6H,1,5H2;/q-1;+1. The van der Waals surface area contributed by atoms with Gasteiger partial charge in [0, 0.05) is 0 Å². The van der Waals surface area contributed by atoms with E-state index in [0.29, 0.717) is 0 Å². The van der Waals surface area contributed by atoms with E-state index in [1.807, 2.05) is 6.07 Å². The molecule has 54 valence electrons. The molecule has 0 spiro atoms. The molecule has 0 aliphatic carbocycles. The van der Waals surface area contributed by atoms with Gasteiger partial charge in [0.05, 0.1) is 0 Å². The third kappa shape index (κ3) is 1.61. The number of nitrogens with zero attached hydrogens (tertiary/aromatic N) is 2. The van der Waals surface area contributed by atoms with Gasteiger partial charge in [0.2, 0.25) is 0 Å². The average molecular weight is 250 g/mol. The zero-order valence-corrected chi connectivity index (χ0v) is 9.32. The second kappa shape index (κ2) is 3.34. The molecule has 0 N–H and O–H groups in total. The molecule has 0 unspecified atom stereocenters. The Morgan fingerprint density at radius 2 is 2.55 bits per heavy atom. The Morgan fingerprint density at radius 1 is 1.55 bits per heavy atom. The molecule has 11 heavy (non-hydrogen) atoms. The van der Waals surface area contributed by atoms with Crippen LogP contribution in [0.15, 0.2) is 18.6 Å². The van der Waals surface area contributed by atoms with E-state index in [4.69, 9.17) is 2.85 Å². The van der Waals surface area contributed by atoms with Gasteiger partial charge in [0.15, 0.2) is 0 Å². The van der Waals surface area contributed by atoms with E-state index in [1.165, 1.54) is 3.26 Å². The molecule has 1 aliphatic rings. The first-order valence-corrected chi connectivity index (χ1v) is 6.53. The molecular weight excluding hydrogens is 243 g/mol. The monoisotopic (exact) mass is 250 g/mol. The van der Waals surface area contributed by atoms with E-state index in [9.17, 15) is 0 Å². The number of hydrogen-bond acceptors (Lipinski definition) is 3. The average Bonchev–Trinajstić information content (AvgIpc) is 2.58. The van der Waals surface area contributed by atoms with Crippen molar-refractivity contribution < 1.29 is 2.85 Å². The molecule has 0 saturated carbocycles. The molecule has 0 atom stereocenters. The van der Waals surface area contributed by atoms with E-state index in [0.717, 1.165) is 18.7 Å². The van der Waals surface area contributed by atoms with Gasteiger partial charge < -0.3 is 0 Å². The minimum atomic E-state index is -0.837. The third-order valence-electron chi connectivity index (χ3n) is 1.63. The van der Waals surface area contributed by atoms with Crippen molar-refractivity contribution in [2.24, 2.45) is 0 Å². The van der Waals surface area contributed by atoms with Gasteiger partial charge in [0.25, 0.3) is 0 Å². The van der Waals surface area contributed by atoms with Crippen LogP contribution in [0.3, 0.4) is 0 Å². The predicted octanol–water partition coefficient (Wildman–Crippen LogP) is 0.0366. The summed E-state index contributed by atoms with van der Waals surface area (Å²) in [5.41, 5.74) is 1.11. The molecule has 4 heteroatoms. The van der Waals surface area contributed by atoms with Crippen LogP contribution in [-0.4, -0.2) is 42.7 Å². The zero-order valence-electron chi connectivity index (χ0n) is 6.03. The van der Waals surface area contributed by atoms with Crippen molar-refractivity contribution in [3.63, 3.8) is 0 Å². The molecule has 2 heterocycles. The molecule has 1 aromatic rings. The van der Waals surface area contributed by atoms with Gasteiger partial charge in [-0.2, -0.15) is 0 Å². The van der Waals surface area contributed by atoms with Crippen molar-refractivity contribution in [2.45, 2.75) is 6.42 Å². The second-order valence-electron chi connectivity index (χ2n) is 2.36. The fourth-order valence-corrected chi connectivity index (χ4v) is 3.81. The van der Waals surface area contributed by atoms with Gasteiger partial charge in [-0.25, -0.2) is 0 Å². The van der Waals surface area contributed by atoms with Crippen LogP contribution in [-0.2, 0) is 2.85 Å². The third-order valence-corrected chi connectivity index (χ3v) is 5.25. The van der Waals surface area contributed by atoms with Crippen molar-refractivity contribution in [3.05, 3.63) is 24.3 Å². The first kappa shape index (κ1) is 7.28. The van der Waals surface area contributed by atoms with Crippen molar-refractivity contribution in [3.8, 4) is 0 Å². The van der Waals surface area contributed by atoms with Gasteiger partial charge in [-0.3, -0.25) is 0 Å². The van der Waals surface area contributed by atoms with Crippen LogP contribution in [0.25, 0.3) is 0 Å². The number of hydrogen-bond donors (Lipinski definition) is 0. The van der Waals surface area contributed by atoms with Gasteiger partial charge in [-0.05, 0) is 0 Å². The Hall–Kier alpha value is -0.380. The minimum absolute atomic E-state index is 0.837. The van der Waals surface area contributed by atoms with E-state index in [1.54, 1.807) is 12.5 Å². The summed E-state index contributed by atoms with van der Waals surface area (Å²) in [5.74, 6) is 0. The predicted molar refractivity (Wildman–Crippen MR) is 42.5 cm³/mol. The summed E-state index contributed by atoms with van der Waals surface area (Å²) in [6.07, 6.45) is 4.48. The fourth-order valence-electron chi connectivity index (χ4n) is 1.06. The van der Waals surface area contributed by atoms with Crippen LogP contribution < -0.4 is 0 Å². The van der Waals surface area contributed by atoms with Crippen molar-refractivity contribution in [1.29, 1.82) is 0 Å². The molecule has 0 fully saturated rings. The van der Waals surface area contributed by atoms with Gasteiger partial charge in [0.1, 0.15) is 0 Å². The first-order valence-electron chi connectivity index (χ1n) is 3.54.